The third kappa shape index (κ3) is 5.81. The predicted molar refractivity (Wildman–Crippen MR) is 99.5 cm³/mol. The average Bonchev–Trinajstić information content (AvgIpc) is 2.69. The van der Waals surface area contributed by atoms with E-state index >= 15 is 0 Å². The number of rotatable bonds is 5. The lowest BCUT2D eigenvalue weighted by atomic mass is 10.0. The summed E-state index contributed by atoms with van der Waals surface area (Å²) in [6.07, 6.45) is 1.28. The minimum atomic E-state index is -0.324. The first-order valence-electron chi connectivity index (χ1n) is 9.09. The van der Waals surface area contributed by atoms with Gasteiger partial charge in [0.2, 0.25) is 5.91 Å². The van der Waals surface area contributed by atoms with Crippen molar-refractivity contribution in [3.05, 3.63) is 71.5 Å². The maximum Gasteiger partial charge on any atom is 0.410 e. The van der Waals surface area contributed by atoms with Crippen LogP contribution < -0.4 is 5.32 Å². The Bertz CT molecular complexity index is 757. The number of ether oxygens (including phenoxy) is 1. The number of hydrogen-bond donors (Lipinski definition) is 1. The van der Waals surface area contributed by atoms with Crippen LogP contribution in [-0.4, -0.2) is 36.0 Å². The van der Waals surface area contributed by atoms with Gasteiger partial charge in [0, 0.05) is 19.1 Å². The molecule has 1 heterocycles. The van der Waals surface area contributed by atoms with Gasteiger partial charge in [0.25, 0.3) is 0 Å². The van der Waals surface area contributed by atoms with E-state index in [-0.39, 0.29) is 36.9 Å². The van der Waals surface area contributed by atoms with Crippen LogP contribution in [0.2, 0.25) is 0 Å². The first-order chi connectivity index (χ1) is 13.1. The van der Waals surface area contributed by atoms with E-state index < -0.39 is 0 Å². The second-order valence-electron chi connectivity index (χ2n) is 6.67. The lowest BCUT2D eigenvalue weighted by Crippen LogP contribution is -2.47. The summed E-state index contributed by atoms with van der Waals surface area (Å²) >= 11 is 0. The molecule has 0 radical (unpaired) electrons. The van der Waals surface area contributed by atoms with Gasteiger partial charge in [-0.3, -0.25) is 4.79 Å². The molecule has 1 aliphatic heterocycles. The van der Waals surface area contributed by atoms with Gasteiger partial charge in [-0.2, -0.15) is 0 Å². The van der Waals surface area contributed by atoms with Crippen molar-refractivity contribution < 1.29 is 18.7 Å². The molecule has 0 spiro atoms. The molecule has 27 heavy (non-hydrogen) atoms. The number of nitrogens with one attached hydrogen (secondary N) is 1. The molecule has 1 saturated heterocycles. The first kappa shape index (κ1) is 18.9. The van der Waals surface area contributed by atoms with Gasteiger partial charge in [-0.05, 0) is 36.1 Å². The van der Waals surface area contributed by atoms with E-state index in [9.17, 15) is 14.0 Å². The number of carbonyl (C=O) groups is 2. The van der Waals surface area contributed by atoms with E-state index in [0.29, 0.717) is 25.9 Å². The van der Waals surface area contributed by atoms with Crippen molar-refractivity contribution in [2.24, 2.45) is 0 Å². The molecule has 1 N–H and O–H groups in total. The van der Waals surface area contributed by atoms with Gasteiger partial charge in [0.1, 0.15) is 12.4 Å². The molecular weight excluding hydrogens is 347 g/mol. The monoisotopic (exact) mass is 370 g/mol. The minimum Gasteiger partial charge on any atom is -0.445 e. The highest BCUT2D eigenvalue weighted by atomic mass is 19.1. The molecule has 0 bridgehead atoms. The lowest BCUT2D eigenvalue weighted by molar-refractivity contribution is -0.121. The summed E-state index contributed by atoms with van der Waals surface area (Å²) in [4.78, 5) is 26.0. The molecule has 1 aliphatic rings. The number of hydrogen-bond acceptors (Lipinski definition) is 3. The Morgan fingerprint density at radius 2 is 1.67 bits per heavy atom. The summed E-state index contributed by atoms with van der Waals surface area (Å²) in [6, 6.07) is 15.5. The van der Waals surface area contributed by atoms with Gasteiger partial charge in [-0.15, -0.1) is 0 Å². The van der Waals surface area contributed by atoms with Gasteiger partial charge < -0.3 is 15.0 Å². The fourth-order valence-electron chi connectivity index (χ4n) is 3.08. The average molecular weight is 370 g/mol. The highest BCUT2D eigenvalue weighted by Gasteiger charge is 2.24. The zero-order valence-electron chi connectivity index (χ0n) is 15.1. The van der Waals surface area contributed by atoms with Gasteiger partial charge in [-0.25, -0.2) is 9.18 Å². The third-order valence-corrected chi connectivity index (χ3v) is 4.60. The first-order valence-corrected chi connectivity index (χ1v) is 9.09. The SMILES string of the molecule is O=C(Cc1ccc(F)cc1)NC1CCN(C(=O)OCc2ccccc2)CC1. The zero-order chi connectivity index (χ0) is 19.1. The maximum absolute atomic E-state index is 12.9. The van der Waals surface area contributed by atoms with Gasteiger partial charge in [0.05, 0.1) is 6.42 Å². The molecule has 2 amide bonds. The van der Waals surface area contributed by atoms with Gasteiger partial charge >= 0.3 is 6.09 Å². The maximum atomic E-state index is 12.9. The molecule has 0 unspecified atom stereocenters. The van der Waals surface area contributed by atoms with E-state index in [4.69, 9.17) is 4.74 Å². The molecule has 2 aromatic carbocycles. The summed E-state index contributed by atoms with van der Waals surface area (Å²) in [7, 11) is 0. The van der Waals surface area contributed by atoms with Crippen LogP contribution in [0.5, 0.6) is 0 Å². The number of nitrogens with zero attached hydrogens (tertiary/aromatic N) is 1. The number of piperidine rings is 1. The van der Waals surface area contributed by atoms with Crippen molar-refractivity contribution in [3.63, 3.8) is 0 Å². The summed E-state index contributed by atoms with van der Waals surface area (Å²) in [6.45, 7) is 1.36. The molecule has 6 heteroatoms. The largest absolute Gasteiger partial charge is 0.445 e. The number of halogens is 1. The van der Waals surface area contributed by atoms with E-state index in [1.165, 1.54) is 12.1 Å². The summed E-state index contributed by atoms with van der Waals surface area (Å²) < 4.78 is 18.2. The predicted octanol–water partition coefficient (Wildman–Crippen LogP) is 3.29. The van der Waals surface area contributed by atoms with Crippen molar-refractivity contribution in [2.45, 2.75) is 31.9 Å². The Morgan fingerprint density at radius 1 is 1.00 bits per heavy atom. The quantitative estimate of drug-likeness (QED) is 0.879. The van der Waals surface area contributed by atoms with Crippen LogP contribution in [0.3, 0.4) is 0 Å². The lowest BCUT2D eigenvalue weighted by Gasteiger charge is -2.31. The molecule has 3 rings (SSSR count). The van der Waals surface area contributed by atoms with Crippen LogP contribution in [0.1, 0.15) is 24.0 Å². The van der Waals surface area contributed by atoms with Crippen molar-refractivity contribution in [2.75, 3.05) is 13.1 Å². The molecule has 0 saturated carbocycles. The highest BCUT2D eigenvalue weighted by Crippen LogP contribution is 2.13. The number of likely N-dealkylation sites (tertiary alicyclic amines) is 1. The summed E-state index contributed by atoms with van der Waals surface area (Å²) in [5.74, 6) is -0.405. The van der Waals surface area contributed by atoms with Crippen LogP contribution in [0.25, 0.3) is 0 Å². The Hall–Kier alpha value is -2.89. The Balaban J connectivity index is 1.38. The van der Waals surface area contributed by atoms with Crippen LogP contribution in [0.15, 0.2) is 54.6 Å². The molecule has 1 fully saturated rings. The van der Waals surface area contributed by atoms with E-state index in [2.05, 4.69) is 5.32 Å². The van der Waals surface area contributed by atoms with Crippen molar-refractivity contribution >= 4 is 12.0 Å². The fraction of sp³-hybridized carbons (Fsp3) is 0.333. The molecule has 5 nitrogen and oxygen atoms in total. The topological polar surface area (TPSA) is 58.6 Å². The van der Waals surface area contributed by atoms with E-state index in [0.717, 1.165) is 11.1 Å². The number of amides is 2. The Morgan fingerprint density at radius 3 is 2.33 bits per heavy atom. The Labute approximate surface area is 158 Å². The van der Waals surface area contributed by atoms with E-state index in [1.807, 2.05) is 30.3 Å². The Kier molecular flexibility index (Phi) is 6.41. The smallest absolute Gasteiger partial charge is 0.410 e. The van der Waals surface area contributed by atoms with Crippen molar-refractivity contribution in [3.8, 4) is 0 Å². The summed E-state index contributed by atoms with van der Waals surface area (Å²) in [5.41, 5.74) is 1.73. The third-order valence-electron chi connectivity index (χ3n) is 4.60. The molecule has 142 valence electrons. The fourth-order valence-corrected chi connectivity index (χ4v) is 3.08. The minimum absolute atomic E-state index is 0.0381. The normalized spacial score (nSPS) is 14.6. The molecule has 0 aliphatic carbocycles. The standard InChI is InChI=1S/C21H23FN2O3/c22-18-8-6-16(7-9-18)14-20(25)23-19-10-12-24(13-11-19)21(26)27-15-17-4-2-1-3-5-17/h1-9,19H,10-15H2,(H,23,25). The van der Waals surface area contributed by atoms with Crippen molar-refractivity contribution in [1.29, 1.82) is 0 Å². The van der Waals surface area contributed by atoms with Gasteiger partial charge in [0.15, 0.2) is 0 Å². The van der Waals surface area contributed by atoms with Crippen LogP contribution >= 0.6 is 0 Å². The van der Waals surface area contributed by atoms with Crippen molar-refractivity contribution in [1.82, 2.24) is 10.2 Å². The molecule has 0 aromatic heterocycles. The van der Waals surface area contributed by atoms with Gasteiger partial charge in [-0.1, -0.05) is 42.5 Å². The van der Waals surface area contributed by atoms with Crippen LogP contribution in [0, 0.1) is 5.82 Å². The second-order valence-corrected chi connectivity index (χ2v) is 6.67. The van der Waals surface area contributed by atoms with E-state index in [1.54, 1.807) is 17.0 Å². The highest BCUT2D eigenvalue weighted by molar-refractivity contribution is 5.78. The second kappa shape index (κ2) is 9.16. The van der Waals surface area contributed by atoms with Crippen LogP contribution in [0.4, 0.5) is 9.18 Å². The molecular formula is C21H23FN2O3. The molecule has 0 atom stereocenters. The zero-order valence-corrected chi connectivity index (χ0v) is 15.1. The van der Waals surface area contributed by atoms with Crippen LogP contribution in [-0.2, 0) is 22.6 Å². The molecule has 2 aromatic rings. The number of carbonyl (C=O) groups excluding carboxylic acids is 2. The number of benzene rings is 2. The summed E-state index contributed by atoms with van der Waals surface area (Å²) in [5, 5.41) is 2.99.